The Bertz CT molecular complexity index is 1190. The highest BCUT2D eigenvalue weighted by Gasteiger charge is 2.22. The van der Waals surface area contributed by atoms with E-state index < -0.39 is 0 Å². The summed E-state index contributed by atoms with van der Waals surface area (Å²) >= 11 is 0. The van der Waals surface area contributed by atoms with Crippen molar-refractivity contribution in [2.24, 2.45) is 0 Å². The number of fused-ring (bicyclic) bond motifs is 1. The summed E-state index contributed by atoms with van der Waals surface area (Å²) in [6, 6.07) is 39.8. The van der Waals surface area contributed by atoms with Crippen LogP contribution in [0.25, 0.3) is 22.0 Å². The molecule has 0 atom stereocenters. The molecule has 0 aliphatic carbocycles. The second kappa shape index (κ2) is 7.69. The fraction of sp³-hybridized carbons (Fsp3) is 0.0370. The smallest absolute Gasteiger partial charge is 0.101 e. The minimum absolute atomic E-state index is 0.0274. The summed E-state index contributed by atoms with van der Waals surface area (Å²) in [7, 11) is 0. The van der Waals surface area contributed by atoms with E-state index in [-0.39, 0.29) is 5.92 Å². The zero-order valence-electron chi connectivity index (χ0n) is 15.9. The number of hydrogen-bond acceptors (Lipinski definition) is 2. The Kier molecular flexibility index (Phi) is 4.59. The summed E-state index contributed by atoms with van der Waals surface area (Å²) in [6.07, 6.45) is 0. The molecule has 2 heteroatoms. The SMILES string of the molecule is c1ccc(-c2nnc(C(c3ccccc3)c3ccccc3)c3ccccc23)cc1. The summed E-state index contributed by atoms with van der Waals surface area (Å²) in [5.74, 6) is 0.0274. The van der Waals surface area contributed by atoms with E-state index in [2.05, 4.69) is 84.9 Å². The minimum Gasteiger partial charge on any atom is -0.153 e. The van der Waals surface area contributed by atoms with Crippen LogP contribution in [0.4, 0.5) is 0 Å². The van der Waals surface area contributed by atoms with Gasteiger partial charge in [0.15, 0.2) is 0 Å². The first kappa shape index (κ1) is 17.3. The predicted octanol–water partition coefficient (Wildman–Crippen LogP) is 6.48. The van der Waals surface area contributed by atoms with Gasteiger partial charge in [0, 0.05) is 16.3 Å². The first-order chi connectivity index (χ1) is 14.4. The Morgan fingerprint density at radius 3 is 1.52 bits per heavy atom. The van der Waals surface area contributed by atoms with Crippen molar-refractivity contribution in [2.45, 2.75) is 5.92 Å². The Morgan fingerprint density at radius 1 is 0.448 bits per heavy atom. The number of hydrogen-bond donors (Lipinski definition) is 0. The van der Waals surface area contributed by atoms with Crippen molar-refractivity contribution in [1.82, 2.24) is 10.2 Å². The lowest BCUT2D eigenvalue weighted by Crippen LogP contribution is -2.08. The largest absolute Gasteiger partial charge is 0.153 e. The molecule has 0 radical (unpaired) electrons. The highest BCUT2D eigenvalue weighted by Crippen LogP contribution is 2.36. The van der Waals surface area contributed by atoms with Crippen molar-refractivity contribution in [1.29, 1.82) is 0 Å². The Balaban J connectivity index is 1.77. The van der Waals surface area contributed by atoms with Crippen molar-refractivity contribution in [3.05, 3.63) is 132 Å². The lowest BCUT2D eigenvalue weighted by Gasteiger charge is -2.20. The van der Waals surface area contributed by atoms with Crippen molar-refractivity contribution in [2.75, 3.05) is 0 Å². The summed E-state index contributed by atoms with van der Waals surface area (Å²) in [6.45, 7) is 0. The molecule has 0 saturated heterocycles. The molecule has 4 aromatic carbocycles. The van der Waals surface area contributed by atoms with E-state index >= 15 is 0 Å². The average Bonchev–Trinajstić information content (AvgIpc) is 2.81. The lowest BCUT2D eigenvalue weighted by molar-refractivity contribution is 0.876. The number of aromatic nitrogens is 2. The third-order valence-corrected chi connectivity index (χ3v) is 5.30. The topological polar surface area (TPSA) is 25.8 Å². The van der Waals surface area contributed by atoms with E-state index in [1.807, 2.05) is 30.3 Å². The van der Waals surface area contributed by atoms with Crippen LogP contribution in [-0.2, 0) is 0 Å². The lowest BCUT2D eigenvalue weighted by atomic mass is 9.86. The van der Waals surface area contributed by atoms with Gasteiger partial charge in [0.2, 0.25) is 0 Å². The summed E-state index contributed by atoms with van der Waals surface area (Å²) in [5, 5.41) is 11.7. The molecule has 0 aliphatic heterocycles. The van der Waals surface area contributed by atoms with Gasteiger partial charge in [-0.25, -0.2) is 0 Å². The van der Waals surface area contributed by atoms with Crippen LogP contribution < -0.4 is 0 Å². The minimum atomic E-state index is 0.0274. The first-order valence-corrected chi connectivity index (χ1v) is 9.82. The van der Waals surface area contributed by atoms with E-state index in [0.717, 1.165) is 27.7 Å². The van der Waals surface area contributed by atoms with E-state index in [1.54, 1.807) is 0 Å². The maximum Gasteiger partial charge on any atom is 0.101 e. The van der Waals surface area contributed by atoms with E-state index in [1.165, 1.54) is 11.1 Å². The highest BCUT2D eigenvalue weighted by atomic mass is 15.1. The second-order valence-electron chi connectivity index (χ2n) is 7.10. The van der Waals surface area contributed by atoms with Crippen LogP contribution >= 0.6 is 0 Å². The molecule has 5 rings (SSSR count). The number of nitrogens with zero attached hydrogens (tertiary/aromatic N) is 2. The van der Waals surface area contributed by atoms with Gasteiger partial charge in [0.25, 0.3) is 0 Å². The molecule has 2 nitrogen and oxygen atoms in total. The monoisotopic (exact) mass is 372 g/mol. The standard InChI is InChI=1S/C27H20N2/c1-4-12-20(13-5-1)25(21-14-6-2-7-15-21)27-24-19-11-10-18-23(24)26(28-29-27)22-16-8-3-9-17-22/h1-19,25H. The summed E-state index contributed by atoms with van der Waals surface area (Å²) in [4.78, 5) is 0. The molecule has 0 bridgehead atoms. The molecule has 0 aliphatic rings. The van der Waals surface area contributed by atoms with Crippen LogP contribution in [0.1, 0.15) is 22.7 Å². The van der Waals surface area contributed by atoms with Gasteiger partial charge in [-0.05, 0) is 11.1 Å². The van der Waals surface area contributed by atoms with Gasteiger partial charge in [-0.2, -0.15) is 5.10 Å². The zero-order valence-corrected chi connectivity index (χ0v) is 15.9. The van der Waals surface area contributed by atoms with Gasteiger partial charge < -0.3 is 0 Å². The maximum atomic E-state index is 4.79. The Labute approximate surface area is 170 Å². The maximum absolute atomic E-state index is 4.79. The molecular formula is C27H20N2. The van der Waals surface area contributed by atoms with E-state index in [4.69, 9.17) is 10.2 Å². The molecule has 0 spiro atoms. The summed E-state index contributed by atoms with van der Waals surface area (Å²) in [5.41, 5.74) is 5.41. The second-order valence-corrected chi connectivity index (χ2v) is 7.10. The first-order valence-electron chi connectivity index (χ1n) is 9.82. The van der Waals surface area contributed by atoms with Gasteiger partial charge in [0.1, 0.15) is 5.69 Å². The Morgan fingerprint density at radius 2 is 0.931 bits per heavy atom. The van der Waals surface area contributed by atoms with E-state index in [0.29, 0.717) is 0 Å². The van der Waals surface area contributed by atoms with Crippen LogP contribution in [0.2, 0.25) is 0 Å². The van der Waals surface area contributed by atoms with Gasteiger partial charge in [-0.15, -0.1) is 5.10 Å². The van der Waals surface area contributed by atoms with Gasteiger partial charge in [-0.1, -0.05) is 115 Å². The highest BCUT2D eigenvalue weighted by molar-refractivity contribution is 5.96. The van der Waals surface area contributed by atoms with Crippen molar-refractivity contribution >= 4 is 10.8 Å². The molecule has 138 valence electrons. The van der Waals surface area contributed by atoms with Gasteiger partial charge >= 0.3 is 0 Å². The zero-order chi connectivity index (χ0) is 19.5. The molecule has 0 N–H and O–H groups in total. The summed E-state index contributed by atoms with van der Waals surface area (Å²) < 4.78 is 0. The van der Waals surface area contributed by atoms with Crippen molar-refractivity contribution in [3.8, 4) is 11.3 Å². The average molecular weight is 372 g/mol. The van der Waals surface area contributed by atoms with Crippen molar-refractivity contribution < 1.29 is 0 Å². The molecule has 5 aromatic rings. The molecule has 1 aromatic heterocycles. The fourth-order valence-electron chi connectivity index (χ4n) is 3.95. The van der Waals surface area contributed by atoms with Crippen LogP contribution in [0.3, 0.4) is 0 Å². The van der Waals surface area contributed by atoms with Crippen LogP contribution in [-0.4, -0.2) is 10.2 Å². The van der Waals surface area contributed by atoms with Crippen LogP contribution in [0.15, 0.2) is 115 Å². The molecule has 0 amide bonds. The number of benzene rings is 4. The number of rotatable bonds is 4. The normalized spacial score (nSPS) is 11.1. The molecule has 0 saturated carbocycles. The fourth-order valence-corrected chi connectivity index (χ4v) is 3.95. The Hall–Kier alpha value is -3.78. The third-order valence-electron chi connectivity index (χ3n) is 5.30. The quantitative estimate of drug-likeness (QED) is 0.361. The molecular weight excluding hydrogens is 352 g/mol. The van der Waals surface area contributed by atoms with Crippen molar-refractivity contribution in [3.63, 3.8) is 0 Å². The molecule has 0 unspecified atom stereocenters. The van der Waals surface area contributed by atoms with Gasteiger partial charge in [0.05, 0.1) is 11.6 Å². The van der Waals surface area contributed by atoms with Crippen LogP contribution in [0, 0.1) is 0 Å². The predicted molar refractivity (Wildman–Crippen MR) is 119 cm³/mol. The van der Waals surface area contributed by atoms with Gasteiger partial charge in [-0.3, -0.25) is 0 Å². The molecule has 1 heterocycles. The van der Waals surface area contributed by atoms with Crippen LogP contribution in [0.5, 0.6) is 0 Å². The third kappa shape index (κ3) is 3.30. The van der Waals surface area contributed by atoms with E-state index in [9.17, 15) is 0 Å². The molecule has 0 fully saturated rings. The molecule has 29 heavy (non-hydrogen) atoms.